The van der Waals surface area contributed by atoms with Crippen LogP contribution in [0.15, 0.2) is 82.2 Å². The third kappa shape index (κ3) is 6.78. The molecule has 6 N–H and O–H groups in total. The van der Waals surface area contributed by atoms with Crippen LogP contribution < -0.4 is 26.8 Å². The number of hydrogen-bond donors (Lipinski definition) is 4. The summed E-state index contributed by atoms with van der Waals surface area (Å²) in [6, 6.07) is 16.4. The van der Waals surface area contributed by atoms with Crippen molar-refractivity contribution >= 4 is 29.3 Å². The van der Waals surface area contributed by atoms with E-state index in [4.69, 9.17) is 11.6 Å². The van der Waals surface area contributed by atoms with Gasteiger partial charge in [-0.05, 0) is 83.4 Å². The van der Waals surface area contributed by atoms with Crippen molar-refractivity contribution in [2.24, 2.45) is 33.7 Å². The SMILES string of the molecule is CC(C)(C)c1cccc(NC(=O)N(CC2=CC=C(C(=O)[NH+]=C(N)/N=N\N)C3CC23)c2ccc(C3CCCCC3)cc2)c1. The molecule has 2 aromatic carbocycles. The van der Waals surface area contributed by atoms with Gasteiger partial charge < -0.3 is 5.32 Å². The molecule has 220 valence electrons. The minimum Gasteiger partial charge on any atom is -0.308 e. The molecule has 2 atom stereocenters. The average Bonchev–Trinajstić information content (AvgIpc) is 3.78. The Balaban J connectivity index is 1.40. The van der Waals surface area contributed by atoms with E-state index >= 15 is 0 Å². The zero-order valence-electron chi connectivity index (χ0n) is 24.8. The van der Waals surface area contributed by atoms with Gasteiger partial charge in [0.15, 0.2) is 0 Å². The van der Waals surface area contributed by atoms with Crippen LogP contribution in [-0.4, -0.2) is 24.4 Å². The molecular weight excluding hydrogens is 526 g/mol. The quantitative estimate of drug-likeness (QED) is 0.130. The van der Waals surface area contributed by atoms with Gasteiger partial charge in [-0.2, -0.15) is 0 Å². The van der Waals surface area contributed by atoms with E-state index < -0.39 is 0 Å². The first kappa shape index (κ1) is 29.2. The molecule has 9 heteroatoms. The maximum absolute atomic E-state index is 13.9. The van der Waals surface area contributed by atoms with Gasteiger partial charge in [0.2, 0.25) is 0 Å². The Morgan fingerprint density at radius 2 is 1.76 bits per heavy atom. The molecule has 9 nitrogen and oxygen atoms in total. The van der Waals surface area contributed by atoms with E-state index in [0.29, 0.717) is 18.0 Å². The smallest absolute Gasteiger partial charge is 0.308 e. The zero-order valence-corrected chi connectivity index (χ0v) is 24.8. The van der Waals surface area contributed by atoms with Gasteiger partial charge in [0.25, 0.3) is 0 Å². The lowest BCUT2D eigenvalue weighted by Gasteiger charge is -2.27. The van der Waals surface area contributed by atoms with Gasteiger partial charge in [-0.15, -0.1) is 0 Å². The lowest BCUT2D eigenvalue weighted by Crippen LogP contribution is -2.79. The third-order valence-corrected chi connectivity index (χ3v) is 8.66. The Bertz CT molecular complexity index is 1440. The van der Waals surface area contributed by atoms with Crippen molar-refractivity contribution in [2.75, 3.05) is 16.8 Å². The molecule has 3 aliphatic carbocycles. The van der Waals surface area contributed by atoms with Gasteiger partial charge in [-0.3, -0.25) is 21.3 Å². The van der Waals surface area contributed by atoms with Gasteiger partial charge in [0, 0.05) is 28.7 Å². The first-order chi connectivity index (χ1) is 20.1. The molecule has 2 saturated carbocycles. The molecule has 0 aromatic heterocycles. The van der Waals surface area contributed by atoms with Crippen LogP contribution in [-0.2, 0) is 10.2 Å². The number of benzene rings is 2. The highest BCUT2D eigenvalue weighted by atomic mass is 16.2. The van der Waals surface area contributed by atoms with Crippen molar-refractivity contribution in [3.05, 3.63) is 83.0 Å². The fourth-order valence-corrected chi connectivity index (χ4v) is 6.16. The molecule has 0 bridgehead atoms. The summed E-state index contributed by atoms with van der Waals surface area (Å²) in [5.41, 5.74) is 11.5. The van der Waals surface area contributed by atoms with Gasteiger partial charge >= 0.3 is 17.9 Å². The second-order valence-corrected chi connectivity index (χ2v) is 12.6. The van der Waals surface area contributed by atoms with Crippen molar-refractivity contribution in [3.63, 3.8) is 0 Å². The summed E-state index contributed by atoms with van der Waals surface area (Å²) >= 11 is 0. The lowest BCUT2D eigenvalue weighted by molar-refractivity contribution is -0.374. The summed E-state index contributed by atoms with van der Waals surface area (Å²) in [6.07, 6.45) is 10.9. The number of allylic oxidation sites excluding steroid dienone is 2. The predicted octanol–water partition coefficient (Wildman–Crippen LogP) is 4.82. The molecule has 0 aliphatic heterocycles. The standard InChI is InChI=1S/C33H41N7O2/c1-33(2,3)24-10-7-11-25(18-24)36-32(42)40(26-15-12-22(13-16-26)21-8-5-4-6-9-21)20-23-14-17-27(29-19-28(23)29)30(41)37-31(34)38-39-35/h7,10-18,21,28-29H,4-6,8-9,19-20H2,1-3H3,(H,36,42)(H4,34,35,37,38,41)/p+1. The highest BCUT2D eigenvalue weighted by Crippen LogP contribution is 2.51. The van der Waals surface area contributed by atoms with Crippen LogP contribution in [0.2, 0.25) is 0 Å². The number of rotatable bonds is 6. The number of anilines is 2. The van der Waals surface area contributed by atoms with Crippen molar-refractivity contribution in [1.29, 1.82) is 0 Å². The van der Waals surface area contributed by atoms with Crippen LogP contribution in [0.1, 0.15) is 76.3 Å². The Morgan fingerprint density at radius 3 is 2.45 bits per heavy atom. The first-order valence-electron chi connectivity index (χ1n) is 14.9. The van der Waals surface area contributed by atoms with E-state index in [1.165, 1.54) is 37.7 Å². The van der Waals surface area contributed by atoms with Crippen LogP contribution in [0.5, 0.6) is 0 Å². The van der Waals surface area contributed by atoms with E-state index in [2.05, 4.69) is 71.7 Å². The highest BCUT2D eigenvalue weighted by molar-refractivity contribution is 6.02. The largest absolute Gasteiger partial charge is 0.414 e. The number of hydrogen-bond acceptors (Lipinski definition) is 3. The molecule has 5 rings (SSSR count). The summed E-state index contributed by atoms with van der Waals surface area (Å²) in [4.78, 5) is 30.9. The second-order valence-electron chi connectivity index (χ2n) is 12.6. The Kier molecular flexibility index (Phi) is 8.56. The molecule has 42 heavy (non-hydrogen) atoms. The number of carbonyl (C=O) groups is 2. The predicted molar refractivity (Wildman–Crippen MR) is 166 cm³/mol. The monoisotopic (exact) mass is 568 g/mol. The Hall–Kier alpha value is -4.27. The number of fused-ring (bicyclic) bond motifs is 1. The number of carbonyl (C=O) groups excluding carboxylic acids is 2. The van der Waals surface area contributed by atoms with Crippen LogP contribution in [0.4, 0.5) is 16.2 Å². The van der Waals surface area contributed by atoms with Crippen LogP contribution in [0.3, 0.4) is 0 Å². The summed E-state index contributed by atoms with van der Waals surface area (Å²) in [6.45, 7) is 6.90. The number of nitrogens with one attached hydrogen (secondary N) is 2. The average molecular weight is 569 g/mol. The molecule has 0 spiro atoms. The number of amides is 3. The fourth-order valence-electron chi connectivity index (χ4n) is 6.16. The van der Waals surface area contributed by atoms with Crippen molar-refractivity contribution in [2.45, 2.75) is 70.6 Å². The number of urea groups is 1. The Labute approximate surface area is 247 Å². The van der Waals surface area contributed by atoms with Crippen LogP contribution >= 0.6 is 0 Å². The fraction of sp³-hybridized carbons (Fsp3) is 0.424. The molecule has 2 aromatic rings. The molecule has 2 unspecified atom stereocenters. The first-order valence-corrected chi connectivity index (χ1v) is 14.9. The molecule has 2 fully saturated rings. The summed E-state index contributed by atoms with van der Waals surface area (Å²) < 4.78 is 0. The van der Waals surface area contributed by atoms with E-state index in [-0.39, 0.29) is 35.1 Å². The minimum absolute atomic E-state index is 0.0325. The van der Waals surface area contributed by atoms with E-state index in [0.717, 1.165) is 28.9 Å². The van der Waals surface area contributed by atoms with Crippen LogP contribution in [0, 0.1) is 11.8 Å². The maximum Gasteiger partial charge on any atom is 0.414 e. The summed E-state index contributed by atoms with van der Waals surface area (Å²) in [5, 5.41) is 9.71. The van der Waals surface area contributed by atoms with Crippen molar-refractivity contribution < 1.29 is 14.6 Å². The number of nitrogens with two attached hydrogens (primary N) is 2. The van der Waals surface area contributed by atoms with Gasteiger partial charge in [0.1, 0.15) is 0 Å². The van der Waals surface area contributed by atoms with E-state index in [9.17, 15) is 9.59 Å². The number of nitrogens with zero attached hydrogens (tertiary/aromatic N) is 3. The summed E-state index contributed by atoms with van der Waals surface area (Å²) in [7, 11) is 0. The zero-order chi connectivity index (χ0) is 29.9. The second kappa shape index (κ2) is 12.3. The van der Waals surface area contributed by atoms with E-state index in [1.807, 2.05) is 35.3 Å². The summed E-state index contributed by atoms with van der Waals surface area (Å²) in [5.74, 6) is 5.42. The minimum atomic E-state index is -0.311. The number of guanidine groups is 1. The lowest BCUT2D eigenvalue weighted by atomic mass is 9.84. The maximum atomic E-state index is 13.9. The highest BCUT2D eigenvalue weighted by Gasteiger charge is 2.47. The van der Waals surface area contributed by atoms with Gasteiger partial charge in [-0.25, -0.2) is 9.79 Å². The topological polar surface area (TPSA) is 140 Å². The van der Waals surface area contributed by atoms with Gasteiger partial charge in [0.05, 0.1) is 5.11 Å². The van der Waals surface area contributed by atoms with Crippen LogP contribution in [0.25, 0.3) is 0 Å². The molecule has 3 aliphatic rings. The van der Waals surface area contributed by atoms with Crippen molar-refractivity contribution in [1.82, 2.24) is 0 Å². The molecular formula is C33H42N7O2+. The molecule has 0 heterocycles. The third-order valence-electron chi connectivity index (χ3n) is 8.66. The molecule has 0 saturated heterocycles. The Morgan fingerprint density at radius 1 is 1.02 bits per heavy atom. The van der Waals surface area contributed by atoms with Gasteiger partial charge in [-0.1, -0.05) is 76.5 Å². The molecule has 3 amide bonds. The van der Waals surface area contributed by atoms with Crippen molar-refractivity contribution in [3.8, 4) is 0 Å². The normalized spacial score (nSPS) is 20.9. The van der Waals surface area contributed by atoms with E-state index in [1.54, 1.807) is 0 Å². The molecule has 0 radical (unpaired) electrons.